The van der Waals surface area contributed by atoms with Gasteiger partial charge in [0.25, 0.3) is 0 Å². The Labute approximate surface area is 143 Å². The molecule has 6 heteroatoms. The number of unbranched alkanes of at least 4 members (excludes halogenated alkanes) is 1. The van der Waals surface area contributed by atoms with Gasteiger partial charge in [-0.25, -0.2) is 0 Å². The minimum Gasteiger partial charge on any atom is -1.00 e. The molecule has 2 N–H and O–H groups in total. The van der Waals surface area contributed by atoms with E-state index >= 15 is 0 Å². The van der Waals surface area contributed by atoms with Crippen molar-refractivity contribution in [2.24, 2.45) is 0 Å². The predicted octanol–water partition coefficient (Wildman–Crippen LogP) is 0.646. The molecule has 2 aromatic carbocycles. The van der Waals surface area contributed by atoms with E-state index in [1.54, 1.807) is 0 Å². The van der Waals surface area contributed by atoms with Crippen LogP contribution in [-0.4, -0.2) is 17.5 Å². The first-order chi connectivity index (χ1) is 8.92. The van der Waals surface area contributed by atoms with Gasteiger partial charge in [-0.3, -0.25) is 9.11 Å². The van der Waals surface area contributed by atoms with Crippen molar-refractivity contribution < 1.29 is 48.5 Å². The predicted molar refractivity (Wildman–Crippen MR) is 77.8 cm³/mol. The first-order valence-electron chi connectivity index (χ1n) is 6.08. The van der Waals surface area contributed by atoms with Crippen LogP contribution in [0.25, 0.3) is 10.8 Å². The Kier molecular flexibility index (Phi) is 9.29. The largest absolute Gasteiger partial charge is 1.00 e. The molecule has 0 atom stereocenters. The van der Waals surface area contributed by atoms with Gasteiger partial charge in [0, 0.05) is 0 Å². The summed E-state index contributed by atoms with van der Waals surface area (Å²) in [5, 5.41) is 2.78. The van der Waals surface area contributed by atoms with Crippen molar-refractivity contribution in [3.8, 4) is 0 Å². The molecule has 0 spiro atoms. The van der Waals surface area contributed by atoms with Crippen LogP contribution in [0.2, 0.25) is 0 Å². The topological polar surface area (TPSA) is 74.6 Å². The average molecular weight is 306 g/mol. The number of hydrogen-bond donors (Lipinski definition) is 2. The third-order valence-electron chi connectivity index (χ3n) is 2.68. The van der Waals surface area contributed by atoms with Crippen molar-refractivity contribution in [3.05, 3.63) is 48.0 Å². The summed E-state index contributed by atoms with van der Waals surface area (Å²) in [6.07, 6.45) is 3.76. The molecule has 0 fully saturated rings. The summed E-state index contributed by atoms with van der Waals surface area (Å²) < 4.78 is 31.6. The van der Waals surface area contributed by atoms with Crippen molar-refractivity contribution >= 4 is 21.2 Å². The Morgan fingerprint density at radius 1 is 1.05 bits per heavy atom. The van der Waals surface area contributed by atoms with Crippen LogP contribution in [0, 0.1) is 0 Å². The number of fused-ring (bicyclic) bond motifs is 1. The molecular formula is C14H19NaO4S. The van der Waals surface area contributed by atoms with E-state index in [4.69, 9.17) is 17.5 Å². The number of hydrogen-bond acceptors (Lipinski definition) is 2. The molecule has 0 saturated carbocycles. The van der Waals surface area contributed by atoms with E-state index in [9.17, 15) is 0 Å². The molecule has 0 aromatic heterocycles. The van der Waals surface area contributed by atoms with Crippen LogP contribution in [0.4, 0.5) is 0 Å². The van der Waals surface area contributed by atoms with E-state index < -0.39 is 10.4 Å². The van der Waals surface area contributed by atoms with Crippen LogP contribution in [0.5, 0.6) is 0 Å². The fraction of sp³-hybridized carbons (Fsp3) is 0.286. The summed E-state index contributed by atoms with van der Waals surface area (Å²) in [6, 6.07) is 15.2. The molecular weight excluding hydrogens is 287 g/mol. The number of rotatable bonds is 3. The van der Waals surface area contributed by atoms with Crippen LogP contribution in [0.3, 0.4) is 0 Å². The summed E-state index contributed by atoms with van der Waals surface area (Å²) in [7, 11) is -4.67. The number of aryl methyl sites for hydroxylation is 1. The van der Waals surface area contributed by atoms with Gasteiger partial charge >= 0.3 is 40.0 Å². The van der Waals surface area contributed by atoms with Crippen molar-refractivity contribution in [1.29, 1.82) is 0 Å². The minimum atomic E-state index is -4.67. The molecule has 2 aromatic rings. The summed E-state index contributed by atoms with van der Waals surface area (Å²) in [5.74, 6) is 0. The summed E-state index contributed by atoms with van der Waals surface area (Å²) in [5.41, 5.74) is 1.49. The second kappa shape index (κ2) is 9.50. The van der Waals surface area contributed by atoms with E-state index in [2.05, 4.69) is 49.4 Å². The fourth-order valence-electron chi connectivity index (χ4n) is 1.88. The van der Waals surface area contributed by atoms with Gasteiger partial charge in [0.1, 0.15) is 0 Å². The maximum absolute atomic E-state index is 8.74. The molecule has 4 nitrogen and oxygen atoms in total. The quantitative estimate of drug-likeness (QED) is 0.645. The summed E-state index contributed by atoms with van der Waals surface area (Å²) in [4.78, 5) is 0. The second-order valence-corrected chi connectivity index (χ2v) is 5.09. The zero-order valence-corrected chi connectivity index (χ0v) is 14.6. The smallest absolute Gasteiger partial charge is 1.00 e. The Morgan fingerprint density at radius 2 is 1.60 bits per heavy atom. The minimum absolute atomic E-state index is 0. The molecule has 0 unspecified atom stereocenters. The molecule has 0 amide bonds. The van der Waals surface area contributed by atoms with Gasteiger partial charge in [0.2, 0.25) is 0 Å². The molecule has 0 heterocycles. The third-order valence-corrected chi connectivity index (χ3v) is 2.68. The molecule has 0 aliphatic heterocycles. The molecule has 20 heavy (non-hydrogen) atoms. The molecule has 106 valence electrons. The van der Waals surface area contributed by atoms with Gasteiger partial charge in [-0.2, -0.15) is 8.42 Å². The first kappa shape index (κ1) is 19.6. The van der Waals surface area contributed by atoms with Crippen LogP contribution < -0.4 is 29.6 Å². The van der Waals surface area contributed by atoms with Crippen molar-refractivity contribution in [2.75, 3.05) is 0 Å². The summed E-state index contributed by atoms with van der Waals surface area (Å²) in [6.45, 7) is 2.24. The first-order valence-corrected chi connectivity index (χ1v) is 7.48. The van der Waals surface area contributed by atoms with E-state index in [-0.39, 0.29) is 31.0 Å². The van der Waals surface area contributed by atoms with Crippen molar-refractivity contribution in [1.82, 2.24) is 0 Å². The van der Waals surface area contributed by atoms with Crippen LogP contribution in [-0.2, 0) is 16.8 Å². The maximum Gasteiger partial charge on any atom is 1.00 e. The van der Waals surface area contributed by atoms with Gasteiger partial charge in [-0.1, -0.05) is 55.8 Å². The molecule has 0 aliphatic rings. The Hall–Kier alpha value is -0.430. The Bertz CT molecular complexity index is 618. The zero-order valence-electron chi connectivity index (χ0n) is 12.8. The zero-order chi connectivity index (χ0) is 14.3. The molecule has 0 bridgehead atoms. The van der Waals surface area contributed by atoms with Crippen molar-refractivity contribution in [2.45, 2.75) is 26.2 Å². The van der Waals surface area contributed by atoms with E-state index in [0.29, 0.717) is 0 Å². The van der Waals surface area contributed by atoms with Crippen LogP contribution >= 0.6 is 0 Å². The Morgan fingerprint density at radius 3 is 2.20 bits per heavy atom. The fourth-order valence-corrected chi connectivity index (χ4v) is 1.88. The normalized spacial score (nSPS) is 10.3. The second-order valence-electron chi connectivity index (χ2n) is 4.19. The summed E-state index contributed by atoms with van der Waals surface area (Å²) >= 11 is 0. The van der Waals surface area contributed by atoms with E-state index in [0.717, 1.165) is 0 Å². The van der Waals surface area contributed by atoms with Crippen LogP contribution in [0.1, 0.15) is 26.8 Å². The van der Waals surface area contributed by atoms with Gasteiger partial charge in [-0.05, 0) is 29.2 Å². The van der Waals surface area contributed by atoms with Crippen LogP contribution in [0.15, 0.2) is 42.5 Å². The van der Waals surface area contributed by atoms with Gasteiger partial charge in [-0.15, -0.1) is 0 Å². The molecule has 2 rings (SSSR count). The van der Waals surface area contributed by atoms with Gasteiger partial charge in [0.15, 0.2) is 0 Å². The monoisotopic (exact) mass is 306 g/mol. The van der Waals surface area contributed by atoms with E-state index in [1.165, 1.54) is 35.6 Å². The van der Waals surface area contributed by atoms with E-state index in [1.807, 2.05) is 0 Å². The molecule has 0 aliphatic carbocycles. The van der Waals surface area contributed by atoms with Gasteiger partial charge in [0.05, 0.1) is 0 Å². The van der Waals surface area contributed by atoms with Gasteiger partial charge < -0.3 is 1.43 Å². The van der Waals surface area contributed by atoms with Crippen molar-refractivity contribution in [3.63, 3.8) is 0 Å². The SMILES string of the molecule is CCCCc1cccc2ccccc12.O=S(=O)(O)O.[H-].[Na+]. The third kappa shape index (κ3) is 7.99. The molecule has 0 saturated heterocycles. The standard InChI is InChI=1S/C14H16.Na.H2O4S.H/c1-2-3-7-12-9-6-10-13-8-4-5-11-14(12)13;;1-5(2,3)4;/h4-6,8-11H,2-3,7H2,1H3;;(H2,1,2,3,4);/q;+1;;-1. The maximum atomic E-state index is 8.74. The number of benzene rings is 2. The average Bonchev–Trinajstić information content (AvgIpc) is 2.34. The molecule has 0 radical (unpaired) electrons. The Balaban J connectivity index is 0.